The van der Waals surface area contributed by atoms with E-state index in [1.165, 1.54) is 6.07 Å². The largest absolute Gasteiger partial charge is 0.506 e. The molecule has 1 amide bonds. The minimum Gasteiger partial charge on any atom is -0.506 e. The lowest BCUT2D eigenvalue weighted by molar-refractivity contribution is -0.137. The standard InChI is InChI=1S/C21H28ClNO5/c22-18-14-15(6-10-19(18)25)13-17(24)9-7-16-8-11-20(26)23(16)12-4-2-1-3-5-21(27)28/h6-7,9-10,14,16-17,24-25H,1-5,8,11-13H2,(H,27,28)/b9-7+/t16-,17+/m0/s1. The number of carbonyl (C=O) groups excluding carboxylic acids is 1. The first-order chi connectivity index (χ1) is 13.4. The van der Waals surface area contributed by atoms with Crippen molar-refractivity contribution in [3.63, 3.8) is 0 Å². The number of rotatable bonds is 11. The van der Waals surface area contributed by atoms with E-state index >= 15 is 0 Å². The minimum atomic E-state index is -0.770. The smallest absolute Gasteiger partial charge is 0.303 e. The number of hydrogen-bond donors (Lipinski definition) is 3. The summed E-state index contributed by atoms with van der Waals surface area (Å²) in [6.45, 7) is 0.657. The number of likely N-dealkylation sites (tertiary alicyclic amines) is 1. The highest BCUT2D eigenvalue weighted by Gasteiger charge is 2.28. The fourth-order valence-electron chi connectivity index (χ4n) is 3.40. The molecule has 0 unspecified atom stereocenters. The number of phenols is 1. The molecule has 0 aromatic heterocycles. The van der Waals surface area contributed by atoms with Crippen molar-refractivity contribution in [1.29, 1.82) is 0 Å². The van der Waals surface area contributed by atoms with Crippen LogP contribution in [0, 0.1) is 0 Å². The van der Waals surface area contributed by atoms with Gasteiger partial charge in [-0.2, -0.15) is 0 Å². The van der Waals surface area contributed by atoms with Crippen molar-refractivity contribution in [3.05, 3.63) is 40.9 Å². The van der Waals surface area contributed by atoms with E-state index in [0.717, 1.165) is 31.2 Å². The molecular weight excluding hydrogens is 382 g/mol. The summed E-state index contributed by atoms with van der Waals surface area (Å²) in [5, 5.41) is 28.6. The number of carboxylic acids is 1. The van der Waals surface area contributed by atoms with Crippen LogP contribution in [0.15, 0.2) is 30.4 Å². The third kappa shape index (κ3) is 7.17. The summed E-state index contributed by atoms with van der Waals surface area (Å²) in [6, 6.07) is 4.84. The van der Waals surface area contributed by atoms with Crippen LogP contribution in [0.2, 0.25) is 5.02 Å². The molecule has 1 aromatic carbocycles. The lowest BCUT2D eigenvalue weighted by Crippen LogP contribution is -2.32. The van der Waals surface area contributed by atoms with Gasteiger partial charge in [0.1, 0.15) is 5.75 Å². The Labute approximate surface area is 170 Å². The Morgan fingerprint density at radius 1 is 1.29 bits per heavy atom. The van der Waals surface area contributed by atoms with Crippen LogP contribution in [-0.4, -0.2) is 50.8 Å². The van der Waals surface area contributed by atoms with Gasteiger partial charge in [0.05, 0.1) is 17.2 Å². The predicted octanol–water partition coefficient (Wildman–Crippen LogP) is 3.53. The molecule has 28 heavy (non-hydrogen) atoms. The van der Waals surface area contributed by atoms with Crippen LogP contribution < -0.4 is 0 Å². The van der Waals surface area contributed by atoms with Crippen molar-refractivity contribution in [1.82, 2.24) is 4.90 Å². The first kappa shape index (κ1) is 22.2. The van der Waals surface area contributed by atoms with Crippen LogP contribution in [0.25, 0.3) is 0 Å². The van der Waals surface area contributed by atoms with Crippen molar-refractivity contribution < 1.29 is 24.9 Å². The third-order valence-corrected chi connectivity index (χ3v) is 5.23. The Hall–Kier alpha value is -2.05. The van der Waals surface area contributed by atoms with E-state index in [1.54, 1.807) is 18.2 Å². The molecule has 3 N–H and O–H groups in total. The maximum absolute atomic E-state index is 12.1. The molecule has 0 aliphatic carbocycles. The Morgan fingerprint density at radius 3 is 2.75 bits per heavy atom. The molecule has 1 aromatic rings. The van der Waals surface area contributed by atoms with E-state index < -0.39 is 12.1 Å². The zero-order chi connectivity index (χ0) is 20.5. The fourth-order valence-corrected chi connectivity index (χ4v) is 3.60. The van der Waals surface area contributed by atoms with Gasteiger partial charge in [0, 0.05) is 25.8 Å². The van der Waals surface area contributed by atoms with Gasteiger partial charge in [-0.15, -0.1) is 0 Å². The highest BCUT2D eigenvalue weighted by Crippen LogP contribution is 2.25. The van der Waals surface area contributed by atoms with E-state index in [4.69, 9.17) is 16.7 Å². The van der Waals surface area contributed by atoms with Crippen LogP contribution >= 0.6 is 11.6 Å². The van der Waals surface area contributed by atoms with Crippen molar-refractivity contribution in [2.24, 2.45) is 0 Å². The number of nitrogens with zero attached hydrogens (tertiary/aromatic N) is 1. The summed E-state index contributed by atoms with van der Waals surface area (Å²) in [5.74, 6) is -0.633. The van der Waals surface area contributed by atoms with Gasteiger partial charge in [-0.25, -0.2) is 0 Å². The van der Waals surface area contributed by atoms with Gasteiger partial charge < -0.3 is 20.2 Å². The summed E-state index contributed by atoms with van der Waals surface area (Å²) in [6.07, 6.45) is 7.99. The third-order valence-electron chi connectivity index (χ3n) is 4.93. The molecule has 2 atom stereocenters. The summed E-state index contributed by atoms with van der Waals surface area (Å²) in [5.41, 5.74) is 0.820. The van der Waals surface area contributed by atoms with Crippen molar-refractivity contribution in [2.75, 3.05) is 6.54 Å². The van der Waals surface area contributed by atoms with Gasteiger partial charge in [0.25, 0.3) is 0 Å². The van der Waals surface area contributed by atoms with Crippen LogP contribution in [-0.2, 0) is 16.0 Å². The SMILES string of the molecule is O=C(O)CCCCCCN1C(=O)CC[C@@H]1/C=C/[C@@H](O)Cc1ccc(O)c(Cl)c1. The quantitative estimate of drug-likeness (QED) is 0.383. The molecule has 0 bridgehead atoms. The summed E-state index contributed by atoms with van der Waals surface area (Å²) in [7, 11) is 0. The molecule has 1 aliphatic rings. The molecular formula is C21H28ClNO5. The molecule has 7 heteroatoms. The van der Waals surface area contributed by atoms with Crippen LogP contribution in [0.3, 0.4) is 0 Å². The second-order valence-electron chi connectivity index (χ2n) is 7.19. The molecule has 1 aliphatic heterocycles. The molecule has 0 radical (unpaired) electrons. The Balaban J connectivity index is 1.79. The van der Waals surface area contributed by atoms with Gasteiger partial charge in [-0.1, -0.05) is 42.7 Å². The second-order valence-corrected chi connectivity index (χ2v) is 7.60. The molecule has 2 rings (SSSR count). The van der Waals surface area contributed by atoms with Crippen molar-refractivity contribution in [2.45, 2.75) is 63.5 Å². The first-order valence-electron chi connectivity index (χ1n) is 9.72. The summed E-state index contributed by atoms with van der Waals surface area (Å²) >= 11 is 5.89. The van der Waals surface area contributed by atoms with E-state index in [1.807, 2.05) is 11.0 Å². The number of aliphatic hydroxyl groups excluding tert-OH is 1. The average Bonchev–Trinajstić information content (AvgIpc) is 2.99. The monoisotopic (exact) mass is 409 g/mol. The lowest BCUT2D eigenvalue weighted by Gasteiger charge is -2.22. The Morgan fingerprint density at radius 2 is 2.04 bits per heavy atom. The number of aliphatic hydroxyl groups is 1. The number of aromatic hydroxyl groups is 1. The maximum atomic E-state index is 12.1. The topological polar surface area (TPSA) is 98.1 Å². The van der Waals surface area contributed by atoms with Crippen LogP contribution in [0.4, 0.5) is 0 Å². The van der Waals surface area contributed by atoms with Gasteiger partial charge in [-0.3, -0.25) is 9.59 Å². The summed E-state index contributed by atoms with van der Waals surface area (Å²) < 4.78 is 0. The molecule has 1 saturated heterocycles. The number of aliphatic carboxylic acids is 1. The van der Waals surface area contributed by atoms with E-state index in [2.05, 4.69) is 0 Å². The van der Waals surface area contributed by atoms with Gasteiger partial charge in [0.2, 0.25) is 5.91 Å². The normalized spacial score (nSPS) is 18.1. The number of amides is 1. The van der Waals surface area contributed by atoms with Crippen molar-refractivity contribution in [3.8, 4) is 5.75 Å². The van der Waals surface area contributed by atoms with Crippen LogP contribution in [0.5, 0.6) is 5.75 Å². The fraction of sp³-hybridized carbons (Fsp3) is 0.524. The van der Waals surface area contributed by atoms with Gasteiger partial charge >= 0.3 is 5.97 Å². The maximum Gasteiger partial charge on any atom is 0.303 e. The molecule has 6 nitrogen and oxygen atoms in total. The number of hydrogen-bond acceptors (Lipinski definition) is 4. The molecule has 1 heterocycles. The van der Waals surface area contributed by atoms with Crippen LogP contribution in [0.1, 0.15) is 50.5 Å². The lowest BCUT2D eigenvalue weighted by atomic mass is 10.1. The number of carboxylic acid groups (broad SMARTS) is 1. The molecule has 1 fully saturated rings. The molecule has 154 valence electrons. The zero-order valence-corrected chi connectivity index (χ0v) is 16.6. The highest BCUT2D eigenvalue weighted by molar-refractivity contribution is 6.32. The molecule has 0 spiro atoms. The molecule has 0 saturated carbocycles. The predicted molar refractivity (Wildman–Crippen MR) is 107 cm³/mol. The number of halogens is 1. The number of unbranched alkanes of at least 4 members (excludes halogenated alkanes) is 3. The minimum absolute atomic E-state index is 0.00965. The van der Waals surface area contributed by atoms with E-state index in [-0.39, 0.29) is 29.1 Å². The number of phenolic OH excluding ortho intramolecular Hbond substituents is 1. The first-order valence-corrected chi connectivity index (χ1v) is 10.1. The second kappa shape index (κ2) is 11.1. The Kier molecular flexibility index (Phi) is 8.80. The number of carbonyl (C=O) groups is 2. The number of benzene rings is 1. The van der Waals surface area contributed by atoms with Gasteiger partial charge in [0.15, 0.2) is 0 Å². The van der Waals surface area contributed by atoms with E-state index in [9.17, 15) is 19.8 Å². The average molecular weight is 410 g/mol. The summed E-state index contributed by atoms with van der Waals surface area (Å²) in [4.78, 5) is 24.5. The van der Waals surface area contributed by atoms with E-state index in [0.29, 0.717) is 25.8 Å². The zero-order valence-electron chi connectivity index (χ0n) is 15.9. The van der Waals surface area contributed by atoms with Crippen molar-refractivity contribution >= 4 is 23.5 Å². The Bertz CT molecular complexity index is 706. The highest BCUT2D eigenvalue weighted by atomic mass is 35.5. The van der Waals surface area contributed by atoms with Gasteiger partial charge in [-0.05, 0) is 37.0 Å².